The van der Waals surface area contributed by atoms with Crippen molar-refractivity contribution in [3.8, 4) is 5.75 Å². The van der Waals surface area contributed by atoms with Gasteiger partial charge in [0.25, 0.3) is 0 Å². The highest BCUT2D eigenvalue weighted by Crippen LogP contribution is 2.37. The summed E-state index contributed by atoms with van der Waals surface area (Å²) in [6.07, 6.45) is 6.03. The number of nitrogens with one attached hydrogen (secondary N) is 1. The first kappa shape index (κ1) is 19.7. The van der Waals surface area contributed by atoms with Crippen LogP contribution in [0.3, 0.4) is 0 Å². The van der Waals surface area contributed by atoms with Crippen molar-refractivity contribution >= 4 is 40.6 Å². The molecule has 2 aromatic rings. The Morgan fingerprint density at radius 2 is 2.11 bits per heavy atom. The Morgan fingerprint density at radius 3 is 2.68 bits per heavy atom. The molecule has 148 valence electrons. The van der Waals surface area contributed by atoms with Crippen LogP contribution >= 0.6 is 11.6 Å². The molecule has 0 unspecified atom stereocenters. The standard InChI is InChI=1S/C18H22ClN7O2/c1-9-15(23-8-13(25-9)26(3)18(27)10-4-5-10)11(6-20)28-12-7-24-17(21)16(22-2)14(12)19/h6-8,10,22H,4-5,20H2,1-3H3,(H2,21,24)/b11-6+. The first-order valence-electron chi connectivity index (χ1n) is 8.70. The molecular weight excluding hydrogens is 382 g/mol. The summed E-state index contributed by atoms with van der Waals surface area (Å²) in [6.45, 7) is 1.76. The number of aromatic nitrogens is 3. The Kier molecular flexibility index (Phi) is 5.55. The Labute approximate surface area is 167 Å². The van der Waals surface area contributed by atoms with Gasteiger partial charge in [0.1, 0.15) is 16.5 Å². The van der Waals surface area contributed by atoms with Crippen LogP contribution in [-0.2, 0) is 4.79 Å². The number of halogens is 1. The van der Waals surface area contributed by atoms with Gasteiger partial charge in [0.2, 0.25) is 5.91 Å². The van der Waals surface area contributed by atoms with Crippen molar-refractivity contribution < 1.29 is 9.53 Å². The average Bonchev–Trinajstić information content (AvgIpc) is 3.52. The largest absolute Gasteiger partial charge is 0.450 e. The lowest BCUT2D eigenvalue weighted by molar-refractivity contribution is -0.119. The van der Waals surface area contributed by atoms with Crippen molar-refractivity contribution in [2.75, 3.05) is 30.0 Å². The van der Waals surface area contributed by atoms with Gasteiger partial charge in [-0.1, -0.05) is 11.6 Å². The summed E-state index contributed by atoms with van der Waals surface area (Å²) >= 11 is 6.32. The molecule has 28 heavy (non-hydrogen) atoms. The molecular formula is C18H22ClN7O2. The van der Waals surface area contributed by atoms with E-state index in [1.807, 2.05) is 0 Å². The highest BCUT2D eigenvalue weighted by atomic mass is 35.5. The lowest BCUT2D eigenvalue weighted by Crippen LogP contribution is -2.29. The van der Waals surface area contributed by atoms with Crippen molar-refractivity contribution in [2.45, 2.75) is 19.8 Å². The maximum Gasteiger partial charge on any atom is 0.231 e. The zero-order valence-electron chi connectivity index (χ0n) is 15.9. The van der Waals surface area contributed by atoms with Gasteiger partial charge in [-0.25, -0.2) is 15.0 Å². The minimum absolute atomic E-state index is 0.0478. The number of carbonyl (C=O) groups is 1. The number of pyridine rings is 1. The first-order valence-corrected chi connectivity index (χ1v) is 9.08. The number of ether oxygens (including phenoxy) is 1. The number of hydrogen-bond acceptors (Lipinski definition) is 8. The topological polar surface area (TPSA) is 132 Å². The Morgan fingerprint density at radius 1 is 1.39 bits per heavy atom. The average molecular weight is 404 g/mol. The maximum absolute atomic E-state index is 12.2. The van der Waals surface area contributed by atoms with Crippen LogP contribution in [0.1, 0.15) is 24.2 Å². The molecule has 0 atom stereocenters. The van der Waals surface area contributed by atoms with E-state index >= 15 is 0 Å². The summed E-state index contributed by atoms with van der Waals surface area (Å²) in [4.78, 5) is 26.7. The maximum atomic E-state index is 12.2. The van der Waals surface area contributed by atoms with Gasteiger partial charge in [0.05, 0.1) is 23.8 Å². The van der Waals surface area contributed by atoms with Crippen LogP contribution < -0.4 is 26.4 Å². The fourth-order valence-corrected chi connectivity index (χ4v) is 2.94. The molecule has 2 heterocycles. The smallest absolute Gasteiger partial charge is 0.231 e. The highest BCUT2D eigenvalue weighted by Gasteiger charge is 2.33. The predicted molar refractivity (Wildman–Crippen MR) is 109 cm³/mol. The minimum atomic E-state index is 0.0478. The van der Waals surface area contributed by atoms with Crippen molar-refractivity contribution in [2.24, 2.45) is 11.7 Å². The minimum Gasteiger partial charge on any atom is -0.450 e. The van der Waals surface area contributed by atoms with Crippen molar-refractivity contribution in [1.29, 1.82) is 0 Å². The molecule has 9 nitrogen and oxygen atoms in total. The molecule has 0 bridgehead atoms. The number of nitrogens with two attached hydrogens (primary N) is 2. The Bertz CT molecular complexity index is 944. The quantitative estimate of drug-likeness (QED) is 0.625. The summed E-state index contributed by atoms with van der Waals surface area (Å²) in [7, 11) is 3.37. The highest BCUT2D eigenvalue weighted by molar-refractivity contribution is 6.35. The van der Waals surface area contributed by atoms with E-state index in [9.17, 15) is 4.79 Å². The van der Waals surface area contributed by atoms with E-state index in [2.05, 4.69) is 20.3 Å². The van der Waals surface area contributed by atoms with Crippen LogP contribution in [0.4, 0.5) is 17.3 Å². The van der Waals surface area contributed by atoms with Crippen LogP contribution in [0.25, 0.3) is 5.76 Å². The molecule has 1 fully saturated rings. The normalized spacial score (nSPS) is 13.9. The van der Waals surface area contributed by atoms with Crippen molar-refractivity contribution in [1.82, 2.24) is 15.0 Å². The van der Waals surface area contributed by atoms with Crippen LogP contribution in [0.5, 0.6) is 5.75 Å². The second-order valence-electron chi connectivity index (χ2n) is 6.41. The predicted octanol–water partition coefficient (Wildman–Crippen LogP) is 2.17. The van der Waals surface area contributed by atoms with Gasteiger partial charge in [0.15, 0.2) is 17.3 Å². The summed E-state index contributed by atoms with van der Waals surface area (Å²) in [6, 6.07) is 0. The molecule has 1 saturated carbocycles. The number of aryl methyl sites for hydroxylation is 1. The second-order valence-corrected chi connectivity index (χ2v) is 6.79. The van der Waals surface area contributed by atoms with E-state index < -0.39 is 0 Å². The molecule has 0 aliphatic heterocycles. The number of amides is 1. The third kappa shape index (κ3) is 3.79. The molecule has 0 spiro atoms. The third-order valence-corrected chi connectivity index (χ3v) is 4.78. The zero-order chi connectivity index (χ0) is 20.4. The first-order chi connectivity index (χ1) is 13.4. The van der Waals surface area contributed by atoms with Gasteiger partial charge >= 0.3 is 0 Å². The fraction of sp³-hybridized carbons (Fsp3) is 0.333. The van der Waals surface area contributed by atoms with E-state index in [0.29, 0.717) is 22.9 Å². The van der Waals surface area contributed by atoms with Gasteiger partial charge < -0.3 is 21.5 Å². The van der Waals surface area contributed by atoms with Crippen molar-refractivity contribution in [3.63, 3.8) is 0 Å². The summed E-state index contributed by atoms with van der Waals surface area (Å²) in [5, 5.41) is 3.15. The molecule has 10 heteroatoms. The van der Waals surface area contributed by atoms with E-state index in [1.54, 1.807) is 21.0 Å². The Balaban J connectivity index is 1.86. The third-order valence-electron chi connectivity index (χ3n) is 4.40. The molecule has 3 rings (SSSR count). The van der Waals surface area contributed by atoms with E-state index in [-0.39, 0.29) is 34.2 Å². The summed E-state index contributed by atoms with van der Waals surface area (Å²) < 4.78 is 5.82. The molecule has 2 aromatic heterocycles. The van der Waals surface area contributed by atoms with Crippen LogP contribution in [0, 0.1) is 12.8 Å². The molecule has 0 saturated heterocycles. The lowest BCUT2D eigenvalue weighted by atomic mass is 10.2. The van der Waals surface area contributed by atoms with Crippen molar-refractivity contribution in [3.05, 3.63) is 35.0 Å². The molecule has 5 N–H and O–H groups in total. The van der Waals surface area contributed by atoms with Crippen LogP contribution in [0.15, 0.2) is 18.6 Å². The SMILES string of the molecule is CNc1c(N)ncc(O/C(=C/N)c2ncc(N(C)C(=O)C3CC3)nc2C)c1Cl. The fourth-order valence-electron chi connectivity index (χ4n) is 2.66. The van der Waals surface area contributed by atoms with Crippen LogP contribution in [-0.4, -0.2) is 35.0 Å². The lowest BCUT2D eigenvalue weighted by Gasteiger charge is -2.18. The van der Waals surface area contributed by atoms with Gasteiger partial charge in [-0.05, 0) is 19.8 Å². The number of carbonyl (C=O) groups excluding carboxylic acids is 1. The summed E-state index contributed by atoms with van der Waals surface area (Å²) in [5.41, 5.74) is 13.0. The number of nitrogens with zero attached hydrogens (tertiary/aromatic N) is 4. The van der Waals surface area contributed by atoms with Crippen LogP contribution in [0.2, 0.25) is 5.02 Å². The zero-order valence-corrected chi connectivity index (χ0v) is 16.6. The van der Waals surface area contributed by atoms with E-state index in [1.165, 1.54) is 23.5 Å². The van der Waals surface area contributed by atoms with E-state index in [0.717, 1.165) is 12.8 Å². The number of rotatable bonds is 6. The number of hydrogen-bond donors (Lipinski definition) is 3. The summed E-state index contributed by atoms with van der Waals surface area (Å²) in [5.74, 6) is 1.38. The molecule has 0 radical (unpaired) electrons. The number of anilines is 3. The van der Waals surface area contributed by atoms with Gasteiger partial charge in [-0.3, -0.25) is 9.69 Å². The van der Waals surface area contributed by atoms with Gasteiger partial charge in [-0.2, -0.15) is 0 Å². The number of nitrogen functional groups attached to an aromatic ring is 1. The van der Waals surface area contributed by atoms with E-state index in [4.69, 9.17) is 27.8 Å². The monoisotopic (exact) mass is 403 g/mol. The molecule has 1 aliphatic rings. The molecule has 1 amide bonds. The van der Waals surface area contributed by atoms with Gasteiger partial charge in [0, 0.05) is 26.2 Å². The second kappa shape index (κ2) is 7.89. The molecule has 0 aromatic carbocycles. The molecule has 1 aliphatic carbocycles. The Hall–Kier alpha value is -3.07. The van der Waals surface area contributed by atoms with Gasteiger partial charge in [-0.15, -0.1) is 0 Å².